The van der Waals surface area contributed by atoms with Crippen LogP contribution in [0.1, 0.15) is 13.8 Å². The minimum atomic E-state index is -2.57. The zero-order valence-electron chi connectivity index (χ0n) is 7.68. The van der Waals surface area contributed by atoms with Crippen LogP contribution in [0.5, 0.6) is 0 Å². The van der Waals surface area contributed by atoms with Crippen molar-refractivity contribution in [3.05, 3.63) is 0 Å². The van der Waals surface area contributed by atoms with Gasteiger partial charge in [-0.1, -0.05) is 0 Å². The van der Waals surface area contributed by atoms with E-state index in [2.05, 4.69) is 0 Å². The van der Waals surface area contributed by atoms with E-state index in [1.807, 2.05) is 6.92 Å². The molecule has 4 heteroatoms. The lowest BCUT2D eigenvalue weighted by molar-refractivity contribution is -0.210. The van der Waals surface area contributed by atoms with E-state index in [1.165, 1.54) is 0 Å². The average molecular weight is 179 g/mol. The zero-order chi connectivity index (χ0) is 9.35. The van der Waals surface area contributed by atoms with Crippen LogP contribution in [0.2, 0.25) is 0 Å². The Morgan fingerprint density at radius 2 is 2.25 bits per heavy atom. The predicted octanol–water partition coefficient (Wildman–Crippen LogP) is 1.36. The van der Waals surface area contributed by atoms with Crippen molar-refractivity contribution in [1.29, 1.82) is 0 Å². The van der Waals surface area contributed by atoms with Crippen LogP contribution in [0.3, 0.4) is 0 Å². The summed E-state index contributed by atoms with van der Waals surface area (Å²) < 4.78 is 30.9. The fourth-order valence-electron chi connectivity index (χ4n) is 1.79. The van der Waals surface area contributed by atoms with Crippen molar-refractivity contribution in [2.24, 2.45) is 0 Å². The highest BCUT2D eigenvalue weighted by Gasteiger charge is 2.55. The Balaban J connectivity index is 2.49. The summed E-state index contributed by atoms with van der Waals surface area (Å²) >= 11 is 0. The van der Waals surface area contributed by atoms with Crippen molar-refractivity contribution < 1.29 is 13.5 Å². The summed E-state index contributed by atoms with van der Waals surface area (Å²) in [5, 5.41) is 0. The summed E-state index contributed by atoms with van der Waals surface area (Å²) in [6.45, 7) is 3.85. The van der Waals surface area contributed by atoms with Gasteiger partial charge in [0.25, 0.3) is 5.92 Å². The van der Waals surface area contributed by atoms with Crippen molar-refractivity contribution >= 4 is 0 Å². The van der Waals surface area contributed by atoms with Crippen LogP contribution in [0.15, 0.2) is 0 Å². The molecule has 1 saturated heterocycles. The Morgan fingerprint density at radius 1 is 1.67 bits per heavy atom. The molecule has 72 valence electrons. The maximum Gasteiger partial charge on any atom is 0.278 e. The van der Waals surface area contributed by atoms with Crippen LogP contribution in [0.25, 0.3) is 0 Å². The van der Waals surface area contributed by atoms with Crippen LogP contribution < -0.4 is 0 Å². The maximum atomic E-state index is 12.9. The first-order chi connectivity index (χ1) is 5.49. The van der Waals surface area contributed by atoms with Crippen molar-refractivity contribution in [3.8, 4) is 0 Å². The normalized spacial score (nSPS) is 31.2. The second-order valence-corrected chi connectivity index (χ2v) is 3.28. The lowest BCUT2D eigenvalue weighted by Gasteiger charge is -2.48. The Bertz CT molecular complexity index is 163. The summed E-state index contributed by atoms with van der Waals surface area (Å²) in [5.41, 5.74) is 0. The minimum Gasteiger partial charge on any atom is -0.377 e. The quantitative estimate of drug-likeness (QED) is 0.648. The van der Waals surface area contributed by atoms with Crippen molar-refractivity contribution in [2.45, 2.75) is 31.9 Å². The van der Waals surface area contributed by atoms with Crippen LogP contribution in [0, 0.1) is 0 Å². The first-order valence-electron chi connectivity index (χ1n) is 4.18. The highest BCUT2D eigenvalue weighted by Crippen LogP contribution is 2.36. The lowest BCUT2D eigenvalue weighted by atomic mass is 9.94. The molecule has 1 aliphatic heterocycles. The minimum absolute atomic E-state index is 0.144. The van der Waals surface area contributed by atoms with E-state index >= 15 is 0 Å². The second-order valence-electron chi connectivity index (χ2n) is 3.28. The summed E-state index contributed by atoms with van der Waals surface area (Å²) in [5.74, 6) is -2.57. The fourth-order valence-corrected chi connectivity index (χ4v) is 1.79. The van der Waals surface area contributed by atoms with E-state index in [0.717, 1.165) is 0 Å². The number of alkyl halides is 2. The molecule has 0 aromatic rings. The lowest BCUT2D eigenvalue weighted by Crippen LogP contribution is -2.67. The van der Waals surface area contributed by atoms with Gasteiger partial charge in [-0.2, -0.15) is 0 Å². The molecule has 0 aromatic heterocycles. The molecule has 0 aliphatic carbocycles. The number of hydrogen-bond donors (Lipinski definition) is 0. The highest BCUT2D eigenvalue weighted by molar-refractivity contribution is 5.00. The first kappa shape index (κ1) is 9.86. The Kier molecular flexibility index (Phi) is 2.68. The predicted molar refractivity (Wildman–Crippen MR) is 42.5 cm³/mol. The van der Waals surface area contributed by atoms with Gasteiger partial charge in [0.1, 0.15) is 6.04 Å². The smallest absolute Gasteiger partial charge is 0.278 e. The van der Waals surface area contributed by atoms with Gasteiger partial charge in [0.05, 0.1) is 12.6 Å². The third-order valence-electron chi connectivity index (χ3n) is 2.24. The molecule has 12 heavy (non-hydrogen) atoms. The maximum absolute atomic E-state index is 12.9. The topological polar surface area (TPSA) is 12.5 Å². The van der Waals surface area contributed by atoms with E-state index in [1.54, 1.807) is 18.9 Å². The van der Waals surface area contributed by atoms with Gasteiger partial charge in [-0.05, 0) is 20.9 Å². The molecule has 1 aliphatic rings. The van der Waals surface area contributed by atoms with Crippen molar-refractivity contribution in [2.75, 3.05) is 20.2 Å². The monoisotopic (exact) mass is 179 g/mol. The number of likely N-dealkylation sites (tertiary alicyclic amines) is 1. The van der Waals surface area contributed by atoms with Crippen LogP contribution in [-0.4, -0.2) is 43.2 Å². The van der Waals surface area contributed by atoms with Crippen LogP contribution in [0.4, 0.5) is 8.78 Å². The van der Waals surface area contributed by atoms with Crippen LogP contribution >= 0.6 is 0 Å². The van der Waals surface area contributed by atoms with E-state index in [0.29, 0.717) is 6.61 Å². The zero-order valence-corrected chi connectivity index (χ0v) is 7.68. The van der Waals surface area contributed by atoms with Gasteiger partial charge < -0.3 is 4.74 Å². The van der Waals surface area contributed by atoms with E-state index in [4.69, 9.17) is 4.74 Å². The van der Waals surface area contributed by atoms with Gasteiger partial charge in [-0.3, -0.25) is 4.90 Å². The van der Waals surface area contributed by atoms with Gasteiger partial charge in [-0.25, -0.2) is 8.78 Å². The van der Waals surface area contributed by atoms with Crippen molar-refractivity contribution in [1.82, 2.24) is 4.90 Å². The largest absolute Gasteiger partial charge is 0.377 e. The molecule has 1 fully saturated rings. The van der Waals surface area contributed by atoms with Gasteiger partial charge in [0, 0.05) is 6.61 Å². The Hall–Kier alpha value is -0.220. The van der Waals surface area contributed by atoms with Gasteiger partial charge in [0.2, 0.25) is 0 Å². The summed E-state index contributed by atoms with van der Waals surface area (Å²) in [4.78, 5) is 1.63. The summed E-state index contributed by atoms with van der Waals surface area (Å²) in [6.07, 6.45) is -0.385. The van der Waals surface area contributed by atoms with E-state index < -0.39 is 12.0 Å². The molecule has 0 unspecified atom stereocenters. The first-order valence-corrected chi connectivity index (χ1v) is 4.18. The fraction of sp³-hybridized carbons (Fsp3) is 1.00. The second kappa shape index (κ2) is 3.26. The van der Waals surface area contributed by atoms with Crippen LogP contribution in [-0.2, 0) is 4.74 Å². The number of hydrogen-bond acceptors (Lipinski definition) is 2. The number of rotatable bonds is 3. The summed E-state index contributed by atoms with van der Waals surface area (Å²) in [7, 11) is 1.69. The standard InChI is InChI=1S/C8H15F2NO/c1-4-12-6(2)7-8(9,10)5-11(7)3/h6-7H,4-5H2,1-3H3/t6-,7+/m0/s1. The molecular formula is C8H15F2NO. The Morgan fingerprint density at radius 3 is 2.58 bits per heavy atom. The molecule has 0 amide bonds. The highest BCUT2D eigenvalue weighted by atomic mass is 19.3. The number of halogens is 2. The Labute approximate surface area is 71.5 Å². The van der Waals surface area contributed by atoms with Gasteiger partial charge >= 0.3 is 0 Å². The van der Waals surface area contributed by atoms with Gasteiger partial charge in [0.15, 0.2) is 0 Å². The molecule has 0 saturated carbocycles. The van der Waals surface area contributed by atoms with E-state index in [-0.39, 0.29) is 12.6 Å². The molecule has 0 spiro atoms. The number of ether oxygens (including phenoxy) is 1. The third kappa shape index (κ3) is 1.59. The SMILES string of the molecule is CCO[C@@H](C)[C@H]1N(C)CC1(F)F. The molecule has 0 aromatic carbocycles. The third-order valence-corrected chi connectivity index (χ3v) is 2.24. The molecule has 1 rings (SSSR count). The molecule has 0 N–H and O–H groups in total. The molecule has 1 heterocycles. The number of nitrogens with zero attached hydrogens (tertiary/aromatic N) is 1. The molecule has 0 radical (unpaired) electrons. The molecule has 0 bridgehead atoms. The molecular weight excluding hydrogens is 164 g/mol. The molecule has 2 atom stereocenters. The van der Waals surface area contributed by atoms with Crippen molar-refractivity contribution in [3.63, 3.8) is 0 Å². The van der Waals surface area contributed by atoms with E-state index in [9.17, 15) is 8.78 Å². The molecule has 2 nitrogen and oxygen atoms in total. The van der Waals surface area contributed by atoms with Gasteiger partial charge in [-0.15, -0.1) is 0 Å². The number of likely N-dealkylation sites (N-methyl/N-ethyl adjacent to an activating group) is 1. The average Bonchev–Trinajstić information content (AvgIpc) is 1.84. The summed E-state index contributed by atoms with van der Waals surface area (Å²) in [6, 6.07) is -0.738.